The molecule has 3 N–H and O–H groups in total. The fourth-order valence-electron chi connectivity index (χ4n) is 2.73. The van der Waals surface area contributed by atoms with Crippen molar-refractivity contribution in [2.24, 2.45) is 5.92 Å². The smallest absolute Gasteiger partial charge is 0.255 e. The van der Waals surface area contributed by atoms with Crippen LogP contribution < -0.4 is 10.6 Å². The van der Waals surface area contributed by atoms with Crippen molar-refractivity contribution in [3.05, 3.63) is 59.3 Å². The molecule has 5 nitrogen and oxygen atoms in total. The zero-order valence-electron chi connectivity index (χ0n) is 15.4. The van der Waals surface area contributed by atoms with Crippen LogP contribution in [0.3, 0.4) is 0 Å². The highest BCUT2D eigenvalue weighted by Gasteiger charge is 2.11. The molecule has 0 spiro atoms. The van der Waals surface area contributed by atoms with Gasteiger partial charge in [0, 0.05) is 39.5 Å². The molecule has 0 radical (unpaired) electrons. The predicted molar refractivity (Wildman–Crippen MR) is 106 cm³/mol. The molecule has 0 unspecified atom stereocenters. The Bertz CT molecular complexity index is 969. The van der Waals surface area contributed by atoms with Gasteiger partial charge in [0.1, 0.15) is 0 Å². The number of fused-ring (bicyclic) bond motifs is 1. The van der Waals surface area contributed by atoms with Crippen LogP contribution in [0.2, 0.25) is 0 Å². The third-order valence-electron chi connectivity index (χ3n) is 4.51. The van der Waals surface area contributed by atoms with Crippen LogP contribution in [0.5, 0.6) is 0 Å². The molecule has 0 saturated heterocycles. The molecule has 2 aromatic carbocycles. The van der Waals surface area contributed by atoms with Crippen molar-refractivity contribution in [2.45, 2.75) is 27.7 Å². The van der Waals surface area contributed by atoms with E-state index < -0.39 is 0 Å². The van der Waals surface area contributed by atoms with Gasteiger partial charge in [-0.3, -0.25) is 9.59 Å². The summed E-state index contributed by atoms with van der Waals surface area (Å²) in [5.41, 5.74) is 5.29. The lowest BCUT2D eigenvalue weighted by Crippen LogP contribution is -2.17. The Labute approximate surface area is 152 Å². The Morgan fingerprint density at radius 1 is 0.923 bits per heavy atom. The summed E-state index contributed by atoms with van der Waals surface area (Å²) in [5, 5.41) is 6.78. The lowest BCUT2D eigenvalue weighted by Gasteiger charge is -2.09. The summed E-state index contributed by atoms with van der Waals surface area (Å²) in [4.78, 5) is 27.6. The monoisotopic (exact) mass is 349 g/mol. The van der Waals surface area contributed by atoms with E-state index in [0.717, 1.165) is 22.2 Å². The van der Waals surface area contributed by atoms with Gasteiger partial charge in [-0.25, -0.2) is 0 Å². The molecule has 0 aliphatic heterocycles. The summed E-state index contributed by atoms with van der Waals surface area (Å²) in [6.45, 7) is 7.75. The largest absolute Gasteiger partial charge is 0.358 e. The van der Waals surface area contributed by atoms with E-state index in [0.29, 0.717) is 16.9 Å². The van der Waals surface area contributed by atoms with Crippen molar-refractivity contribution >= 4 is 34.1 Å². The van der Waals surface area contributed by atoms with Gasteiger partial charge in [0.15, 0.2) is 0 Å². The Balaban J connectivity index is 1.73. The Kier molecular flexibility index (Phi) is 4.80. The number of hydrogen-bond donors (Lipinski definition) is 3. The van der Waals surface area contributed by atoms with Crippen molar-refractivity contribution in [2.75, 3.05) is 10.6 Å². The van der Waals surface area contributed by atoms with E-state index in [1.807, 2.05) is 45.9 Å². The highest BCUT2D eigenvalue weighted by molar-refractivity contribution is 6.06. The Hall–Kier alpha value is -3.08. The number of aromatic amines is 1. The van der Waals surface area contributed by atoms with Crippen LogP contribution >= 0.6 is 0 Å². The fourth-order valence-corrected chi connectivity index (χ4v) is 2.73. The van der Waals surface area contributed by atoms with Gasteiger partial charge in [-0.2, -0.15) is 0 Å². The Morgan fingerprint density at radius 2 is 1.54 bits per heavy atom. The normalized spacial score (nSPS) is 11.0. The van der Waals surface area contributed by atoms with Gasteiger partial charge in [-0.15, -0.1) is 0 Å². The van der Waals surface area contributed by atoms with E-state index >= 15 is 0 Å². The lowest BCUT2D eigenvalue weighted by atomic mass is 10.1. The van der Waals surface area contributed by atoms with E-state index in [4.69, 9.17) is 0 Å². The van der Waals surface area contributed by atoms with Crippen LogP contribution in [0.1, 0.15) is 35.5 Å². The summed E-state index contributed by atoms with van der Waals surface area (Å²) in [6, 6.07) is 12.7. The molecule has 0 atom stereocenters. The minimum Gasteiger partial charge on any atom is -0.358 e. The second kappa shape index (κ2) is 7.04. The fraction of sp³-hybridized carbons (Fsp3) is 0.238. The first-order valence-corrected chi connectivity index (χ1v) is 8.66. The van der Waals surface area contributed by atoms with Gasteiger partial charge in [0.2, 0.25) is 5.91 Å². The molecule has 3 rings (SSSR count). The van der Waals surface area contributed by atoms with Crippen LogP contribution in [-0.4, -0.2) is 16.8 Å². The van der Waals surface area contributed by atoms with Crippen LogP contribution in [0, 0.1) is 19.8 Å². The van der Waals surface area contributed by atoms with Crippen molar-refractivity contribution in [1.29, 1.82) is 0 Å². The molecular formula is C21H23N3O2. The first-order chi connectivity index (χ1) is 12.3. The maximum atomic E-state index is 12.5. The maximum absolute atomic E-state index is 12.5. The van der Waals surface area contributed by atoms with Crippen molar-refractivity contribution in [3.8, 4) is 0 Å². The first-order valence-electron chi connectivity index (χ1n) is 8.66. The Morgan fingerprint density at radius 3 is 2.15 bits per heavy atom. The number of aryl methyl sites for hydroxylation is 2. The number of carbonyl (C=O) groups is 2. The maximum Gasteiger partial charge on any atom is 0.255 e. The van der Waals surface area contributed by atoms with Crippen LogP contribution in [0.4, 0.5) is 11.4 Å². The highest BCUT2D eigenvalue weighted by Crippen LogP contribution is 2.23. The van der Waals surface area contributed by atoms with E-state index in [9.17, 15) is 9.59 Å². The summed E-state index contributed by atoms with van der Waals surface area (Å²) in [7, 11) is 0. The summed E-state index contributed by atoms with van der Waals surface area (Å²) >= 11 is 0. The van der Waals surface area contributed by atoms with Crippen LogP contribution in [-0.2, 0) is 4.79 Å². The zero-order chi connectivity index (χ0) is 18.8. The minimum atomic E-state index is -0.163. The minimum absolute atomic E-state index is 0.0350. The van der Waals surface area contributed by atoms with Crippen molar-refractivity contribution in [1.82, 2.24) is 4.98 Å². The molecule has 134 valence electrons. The standard InChI is InChI=1S/C21H23N3O2/c1-12(2)20(25)23-16-6-8-17(9-7-16)24-21(26)15-5-10-19-18(11-15)13(3)14(4)22-19/h5-12,22H,1-4H3,(H,23,25)(H,24,26). The van der Waals surface area contributed by atoms with E-state index in [2.05, 4.69) is 15.6 Å². The van der Waals surface area contributed by atoms with Gasteiger partial charge < -0.3 is 15.6 Å². The molecule has 0 aliphatic rings. The SMILES string of the molecule is Cc1[nH]c2ccc(C(=O)Nc3ccc(NC(=O)C(C)C)cc3)cc2c1C. The van der Waals surface area contributed by atoms with Gasteiger partial charge in [0.25, 0.3) is 5.91 Å². The number of rotatable bonds is 4. The highest BCUT2D eigenvalue weighted by atomic mass is 16.2. The van der Waals surface area contributed by atoms with E-state index in [1.165, 1.54) is 0 Å². The summed E-state index contributed by atoms with van der Waals surface area (Å²) in [6.07, 6.45) is 0. The molecule has 0 fully saturated rings. The molecule has 3 aromatic rings. The topological polar surface area (TPSA) is 74.0 Å². The number of carbonyl (C=O) groups excluding carboxylic acids is 2. The molecule has 1 aromatic heterocycles. The summed E-state index contributed by atoms with van der Waals surface area (Å²) < 4.78 is 0. The molecule has 5 heteroatoms. The first kappa shape index (κ1) is 17.7. The molecule has 26 heavy (non-hydrogen) atoms. The predicted octanol–water partition coefficient (Wildman–Crippen LogP) is 4.63. The molecule has 0 aliphatic carbocycles. The number of benzene rings is 2. The van der Waals surface area contributed by atoms with E-state index in [1.54, 1.807) is 24.3 Å². The van der Waals surface area contributed by atoms with Crippen LogP contribution in [0.25, 0.3) is 10.9 Å². The third kappa shape index (κ3) is 3.61. The quantitative estimate of drug-likeness (QED) is 0.642. The number of hydrogen-bond acceptors (Lipinski definition) is 2. The number of amides is 2. The number of nitrogens with one attached hydrogen (secondary N) is 3. The second-order valence-electron chi connectivity index (χ2n) is 6.81. The lowest BCUT2D eigenvalue weighted by molar-refractivity contribution is -0.118. The van der Waals surface area contributed by atoms with Gasteiger partial charge in [-0.05, 0) is 61.9 Å². The number of aromatic nitrogens is 1. The van der Waals surface area contributed by atoms with Gasteiger partial charge in [0.05, 0.1) is 0 Å². The second-order valence-corrected chi connectivity index (χ2v) is 6.81. The molecule has 2 amide bonds. The molecular weight excluding hydrogens is 326 g/mol. The number of H-pyrrole nitrogens is 1. The average molecular weight is 349 g/mol. The summed E-state index contributed by atoms with van der Waals surface area (Å²) in [5.74, 6) is -0.277. The molecule has 1 heterocycles. The van der Waals surface area contributed by atoms with Crippen LogP contribution in [0.15, 0.2) is 42.5 Å². The third-order valence-corrected chi connectivity index (χ3v) is 4.51. The zero-order valence-corrected chi connectivity index (χ0v) is 15.4. The van der Waals surface area contributed by atoms with Crippen molar-refractivity contribution < 1.29 is 9.59 Å². The van der Waals surface area contributed by atoms with Crippen molar-refractivity contribution in [3.63, 3.8) is 0 Å². The molecule has 0 bridgehead atoms. The van der Waals surface area contributed by atoms with Gasteiger partial charge >= 0.3 is 0 Å². The van der Waals surface area contributed by atoms with E-state index in [-0.39, 0.29) is 17.7 Å². The number of anilines is 2. The average Bonchev–Trinajstić information content (AvgIpc) is 2.90. The van der Waals surface area contributed by atoms with Gasteiger partial charge in [-0.1, -0.05) is 13.8 Å². The molecule has 0 saturated carbocycles.